The Morgan fingerprint density at radius 3 is 2.79 bits per heavy atom. The summed E-state index contributed by atoms with van der Waals surface area (Å²) in [5.74, 6) is -0.822. The average Bonchev–Trinajstić information content (AvgIpc) is 2.79. The van der Waals surface area contributed by atoms with Crippen LogP contribution in [0.4, 0.5) is 5.69 Å². The number of carbonyl (C=O) groups excluding carboxylic acids is 4. The van der Waals surface area contributed by atoms with Gasteiger partial charge >= 0.3 is 0 Å². The third kappa shape index (κ3) is 8.76. The molecule has 10 heteroatoms. The number of imide groups is 1. The van der Waals surface area contributed by atoms with Crippen molar-refractivity contribution >= 4 is 29.7 Å². The minimum Gasteiger partial charge on any atom is -0.389 e. The third-order valence-corrected chi connectivity index (χ3v) is 5.25. The lowest BCUT2D eigenvalue weighted by Crippen LogP contribution is -2.51. The molecule has 1 aliphatic heterocycles. The fourth-order valence-electron chi connectivity index (χ4n) is 3.49. The molecule has 1 atom stereocenters. The van der Waals surface area contributed by atoms with Crippen molar-refractivity contribution in [2.75, 3.05) is 45.2 Å². The second kappa shape index (κ2) is 14.1. The van der Waals surface area contributed by atoms with Crippen LogP contribution in [0.2, 0.25) is 0 Å². The van der Waals surface area contributed by atoms with Gasteiger partial charge in [0.05, 0.1) is 19.3 Å². The normalized spacial score (nSPS) is 15.8. The summed E-state index contributed by atoms with van der Waals surface area (Å²) in [5, 5.41) is 11.3. The van der Waals surface area contributed by atoms with Gasteiger partial charge in [-0.3, -0.25) is 29.4 Å². The van der Waals surface area contributed by atoms with Crippen LogP contribution < -0.4 is 21.3 Å². The van der Waals surface area contributed by atoms with Crippen molar-refractivity contribution in [2.24, 2.45) is 0 Å². The number of amides is 3. The Labute approximate surface area is 194 Å². The Morgan fingerprint density at radius 1 is 1.27 bits per heavy atom. The molecule has 0 aliphatic carbocycles. The molecule has 1 aromatic rings. The van der Waals surface area contributed by atoms with Gasteiger partial charge in [0.15, 0.2) is 0 Å². The number of hydrogen-bond acceptors (Lipinski definition) is 8. The van der Waals surface area contributed by atoms with Crippen molar-refractivity contribution in [3.63, 3.8) is 0 Å². The standard InChI is InChI=1S/C23H33N5O5/c1-3-24-11-13-33-14-12-25-10-9-22(31)26-19-6-4-5-17(16-29)18(19)15-28(2)20-7-8-21(30)27-23(20)32/h3-6,16,20,24-25H,1,7-15H2,2H3,(H,26,31)(H,27,30,32). The Bertz CT molecular complexity index is 845. The number of benzene rings is 1. The van der Waals surface area contributed by atoms with E-state index in [9.17, 15) is 19.2 Å². The maximum Gasteiger partial charge on any atom is 0.243 e. The van der Waals surface area contributed by atoms with E-state index in [0.717, 1.165) is 6.29 Å². The zero-order valence-electron chi connectivity index (χ0n) is 19.0. The Kier molecular flexibility index (Phi) is 11.2. The number of carbonyl (C=O) groups is 4. The Balaban J connectivity index is 1.86. The molecule has 0 aromatic heterocycles. The topological polar surface area (TPSA) is 129 Å². The van der Waals surface area contributed by atoms with Crippen molar-refractivity contribution in [1.29, 1.82) is 0 Å². The van der Waals surface area contributed by atoms with E-state index >= 15 is 0 Å². The number of hydrogen-bond donors (Lipinski definition) is 4. The molecule has 33 heavy (non-hydrogen) atoms. The minimum atomic E-state index is -0.482. The highest BCUT2D eigenvalue weighted by Crippen LogP contribution is 2.23. The first-order valence-electron chi connectivity index (χ1n) is 11.0. The summed E-state index contributed by atoms with van der Waals surface area (Å²) in [7, 11) is 1.76. The summed E-state index contributed by atoms with van der Waals surface area (Å²) in [5.41, 5.74) is 1.59. The van der Waals surface area contributed by atoms with Crippen molar-refractivity contribution in [3.05, 3.63) is 42.1 Å². The van der Waals surface area contributed by atoms with E-state index in [2.05, 4.69) is 27.8 Å². The summed E-state index contributed by atoms with van der Waals surface area (Å²) in [6, 6.07) is 4.62. The summed E-state index contributed by atoms with van der Waals surface area (Å²) in [4.78, 5) is 49.4. The quantitative estimate of drug-likeness (QED) is 0.169. The summed E-state index contributed by atoms with van der Waals surface area (Å²) < 4.78 is 5.42. The smallest absolute Gasteiger partial charge is 0.243 e. The van der Waals surface area contributed by atoms with Crippen molar-refractivity contribution in [1.82, 2.24) is 20.9 Å². The molecule has 0 spiro atoms. The van der Waals surface area contributed by atoms with Crippen LogP contribution in [0, 0.1) is 0 Å². The van der Waals surface area contributed by atoms with Gasteiger partial charge in [0.2, 0.25) is 17.7 Å². The van der Waals surface area contributed by atoms with E-state index < -0.39 is 6.04 Å². The predicted octanol–water partition coefficient (Wildman–Crippen LogP) is 0.404. The monoisotopic (exact) mass is 459 g/mol. The van der Waals surface area contributed by atoms with Gasteiger partial charge in [-0.2, -0.15) is 0 Å². The van der Waals surface area contributed by atoms with Crippen LogP contribution in [0.1, 0.15) is 35.2 Å². The van der Waals surface area contributed by atoms with Crippen LogP contribution in [0.15, 0.2) is 31.0 Å². The molecule has 1 unspecified atom stereocenters. The van der Waals surface area contributed by atoms with Crippen LogP contribution in [0.3, 0.4) is 0 Å². The van der Waals surface area contributed by atoms with E-state index in [4.69, 9.17) is 4.74 Å². The number of rotatable bonds is 15. The van der Waals surface area contributed by atoms with Crippen LogP contribution >= 0.6 is 0 Å². The van der Waals surface area contributed by atoms with Gasteiger partial charge in [-0.25, -0.2) is 0 Å². The zero-order valence-corrected chi connectivity index (χ0v) is 19.0. The molecule has 4 N–H and O–H groups in total. The van der Waals surface area contributed by atoms with E-state index in [-0.39, 0.29) is 37.1 Å². The van der Waals surface area contributed by atoms with Gasteiger partial charge < -0.3 is 20.7 Å². The number of aldehydes is 1. The van der Waals surface area contributed by atoms with Crippen molar-refractivity contribution in [2.45, 2.75) is 31.8 Å². The first-order valence-corrected chi connectivity index (χ1v) is 11.0. The summed E-state index contributed by atoms with van der Waals surface area (Å²) in [6.45, 7) is 6.76. The minimum absolute atomic E-state index is 0.188. The van der Waals surface area contributed by atoms with Gasteiger partial charge in [-0.05, 0) is 25.7 Å². The highest BCUT2D eigenvalue weighted by atomic mass is 16.5. The van der Waals surface area contributed by atoms with Crippen LogP contribution in [-0.4, -0.2) is 74.8 Å². The number of nitrogens with zero attached hydrogens (tertiary/aromatic N) is 1. The molecule has 180 valence electrons. The molecule has 10 nitrogen and oxygen atoms in total. The maximum absolute atomic E-state index is 12.4. The Morgan fingerprint density at radius 2 is 2.06 bits per heavy atom. The van der Waals surface area contributed by atoms with Gasteiger partial charge in [-0.15, -0.1) is 0 Å². The molecule has 1 fully saturated rings. The van der Waals surface area contributed by atoms with Crippen molar-refractivity contribution < 1.29 is 23.9 Å². The number of piperidine rings is 1. The van der Waals surface area contributed by atoms with Gasteiger partial charge in [0, 0.05) is 55.8 Å². The maximum atomic E-state index is 12.4. The molecule has 0 bridgehead atoms. The number of nitrogens with one attached hydrogen (secondary N) is 4. The molecule has 1 aliphatic rings. The Hall–Kier alpha value is -3.08. The summed E-state index contributed by atoms with van der Waals surface area (Å²) >= 11 is 0. The van der Waals surface area contributed by atoms with E-state index in [1.807, 2.05) is 0 Å². The highest BCUT2D eigenvalue weighted by Gasteiger charge is 2.30. The molecule has 2 rings (SSSR count). The second-order valence-corrected chi connectivity index (χ2v) is 7.69. The van der Waals surface area contributed by atoms with Gasteiger partial charge in [-0.1, -0.05) is 18.7 Å². The van der Waals surface area contributed by atoms with E-state index in [0.29, 0.717) is 56.1 Å². The van der Waals surface area contributed by atoms with Crippen LogP contribution in [-0.2, 0) is 25.7 Å². The lowest BCUT2D eigenvalue weighted by molar-refractivity contribution is -0.137. The van der Waals surface area contributed by atoms with Crippen LogP contribution in [0.5, 0.6) is 0 Å². The first kappa shape index (κ1) is 26.2. The highest BCUT2D eigenvalue weighted by molar-refractivity contribution is 6.00. The van der Waals surface area contributed by atoms with Gasteiger partial charge in [0.25, 0.3) is 0 Å². The average molecular weight is 460 g/mol. The molecule has 3 amide bonds. The lowest BCUT2D eigenvalue weighted by Gasteiger charge is -2.30. The first-order chi connectivity index (χ1) is 16.0. The third-order valence-electron chi connectivity index (χ3n) is 5.25. The zero-order chi connectivity index (χ0) is 24.1. The number of ether oxygens (including phenoxy) is 1. The number of anilines is 1. The van der Waals surface area contributed by atoms with Gasteiger partial charge in [0.1, 0.15) is 6.29 Å². The van der Waals surface area contributed by atoms with Crippen LogP contribution in [0.25, 0.3) is 0 Å². The second-order valence-electron chi connectivity index (χ2n) is 7.69. The largest absolute Gasteiger partial charge is 0.389 e. The number of likely N-dealkylation sites (N-methyl/N-ethyl adjacent to an activating group) is 1. The lowest BCUT2D eigenvalue weighted by atomic mass is 10.0. The molecular weight excluding hydrogens is 426 g/mol. The van der Waals surface area contributed by atoms with E-state index in [1.54, 1.807) is 36.3 Å². The molecule has 0 saturated carbocycles. The van der Waals surface area contributed by atoms with E-state index in [1.165, 1.54) is 0 Å². The van der Waals surface area contributed by atoms with Crippen molar-refractivity contribution in [3.8, 4) is 0 Å². The fourth-order valence-corrected chi connectivity index (χ4v) is 3.49. The molecule has 1 heterocycles. The SMILES string of the molecule is C=CNCCOCCNCCC(=O)Nc1cccc(C=O)c1CN(C)C1CCC(=O)NC1=O. The predicted molar refractivity (Wildman–Crippen MR) is 125 cm³/mol. The molecule has 1 saturated heterocycles. The molecule has 1 aromatic carbocycles. The molecular formula is C23H33N5O5. The molecule has 0 radical (unpaired) electrons. The summed E-state index contributed by atoms with van der Waals surface area (Å²) in [6.07, 6.45) is 3.28. The fraction of sp³-hybridized carbons (Fsp3) is 0.478.